The van der Waals surface area contributed by atoms with E-state index in [1.54, 1.807) is 0 Å². The first-order valence-corrected chi connectivity index (χ1v) is 21.0. The van der Waals surface area contributed by atoms with Gasteiger partial charge in [0.05, 0.1) is 51.1 Å². The summed E-state index contributed by atoms with van der Waals surface area (Å²) in [7, 11) is 0. The van der Waals surface area contributed by atoms with Gasteiger partial charge in [-0.05, 0) is 52.9 Å². The number of nitrogens with zero attached hydrogens (tertiary/aromatic N) is 5. The third kappa shape index (κ3) is 4.44. The standard InChI is InChI=1S/C55H29N5S/c1-57-52-46(32-15-4-2-5-16-32)40(31-56)53(59-41-24-10-8-20-38(41)50-44(59)29-28-37-34-19-9-11-27-45(34)61-55(37)50)47(33-17-6-3-7-18-33)54(52)60-42-25-12-21-35-36-23-14-30-58-51(36)39-22-13-26-43(60)49(39)48(35)42/h2-30H. The third-order valence-corrected chi connectivity index (χ3v) is 13.8. The summed E-state index contributed by atoms with van der Waals surface area (Å²) in [4.78, 5) is 9.41. The fraction of sp³-hybridized carbons (Fsp3) is 0. The van der Waals surface area contributed by atoms with Crippen LogP contribution < -0.4 is 0 Å². The second kappa shape index (κ2) is 12.6. The molecule has 280 valence electrons. The molecule has 0 aliphatic carbocycles. The number of pyridine rings is 1. The molecule has 0 amide bonds. The zero-order valence-corrected chi connectivity index (χ0v) is 33.2. The summed E-state index contributed by atoms with van der Waals surface area (Å²) >= 11 is 1.81. The summed E-state index contributed by atoms with van der Waals surface area (Å²) in [5, 5.41) is 21.9. The average molecular weight is 792 g/mol. The molecule has 0 atom stereocenters. The van der Waals surface area contributed by atoms with Crippen LogP contribution in [0.5, 0.6) is 0 Å². The van der Waals surface area contributed by atoms with Crippen molar-refractivity contribution in [1.82, 2.24) is 14.1 Å². The van der Waals surface area contributed by atoms with Gasteiger partial charge >= 0.3 is 0 Å². The van der Waals surface area contributed by atoms with E-state index in [0.717, 1.165) is 93.4 Å². The van der Waals surface area contributed by atoms with E-state index in [1.807, 2.05) is 72.1 Å². The highest BCUT2D eigenvalue weighted by Gasteiger charge is 2.32. The fourth-order valence-corrected chi connectivity index (χ4v) is 11.5. The molecule has 0 unspecified atom stereocenters. The molecular weight excluding hydrogens is 763 g/mol. The Morgan fingerprint density at radius 1 is 0.492 bits per heavy atom. The van der Waals surface area contributed by atoms with Crippen molar-refractivity contribution in [2.45, 2.75) is 0 Å². The summed E-state index contributed by atoms with van der Waals surface area (Å²) in [5.74, 6) is 0. The Morgan fingerprint density at radius 2 is 1.08 bits per heavy atom. The molecule has 5 nitrogen and oxygen atoms in total. The number of para-hydroxylation sites is 1. The van der Waals surface area contributed by atoms with Crippen LogP contribution in [-0.4, -0.2) is 14.1 Å². The van der Waals surface area contributed by atoms with Crippen molar-refractivity contribution in [1.29, 1.82) is 5.26 Å². The Morgan fingerprint density at radius 3 is 1.84 bits per heavy atom. The van der Waals surface area contributed by atoms with Crippen molar-refractivity contribution in [2.75, 3.05) is 0 Å². The molecule has 4 heterocycles. The van der Waals surface area contributed by atoms with Gasteiger partial charge < -0.3 is 9.13 Å². The topological polar surface area (TPSA) is 50.9 Å². The van der Waals surface area contributed by atoms with Gasteiger partial charge in [0.15, 0.2) is 0 Å². The molecule has 0 saturated carbocycles. The minimum absolute atomic E-state index is 0.419. The highest BCUT2D eigenvalue weighted by atomic mass is 32.1. The van der Waals surface area contributed by atoms with E-state index in [1.165, 1.54) is 20.2 Å². The second-order valence-electron chi connectivity index (χ2n) is 15.5. The predicted octanol–water partition coefficient (Wildman–Crippen LogP) is 15.1. The van der Waals surface area contributed by atoms with Crippen molar-refractivity contribution in [3.63, 3.8) is 0 Å². The first kappa shape index (κ1) is 33.7. The van der Waals surface area contributed by atoms with Gasteiger partial charge in [-0.2, -0.15) is 5.26 Å². The van der Waals surface area contributed by atoms with Gasteiger partial charge in [0.1, 0.15) is 6.07 Å². The maximum absolute atomic E-state index is 11.7. The number of nitriles is 1. The van der Waals surface area contributed by atoms with Crippen LogP contribution in [-0.2, 0) is 0 Å². The van der Waals surface area contributed by atoms with Crippen LogP contribution in [0, 0.1) is 17.9 Å². The molecule has 0 saturated heterocycles. The normalized spacial score (nSPS) is 11.9. The number of hydrogen-bond donors (Lipinski definition) is 0. The molecule has 0 N–H and O–H groups in total. The Balaban J connectivity index is 1.31. The van der Waals surface area contributed by atoms with Gasteiger partial charge in [-0.3, -0.25) is 4.98 Å². The molecule has 0 spiro atoms. The van der Waals surface area contributed by atoms with E-state index in [2.05, 4.69) is 135 Å². The quantitative estimate of drug-likeness (QED) is 0.132. The summed E-state index contributed by atoms with van der Waals surface area (Å²) in [5.41, 5.74) is 10.4. The molecule has 0 bridgehead atoms. The fourth-order valence-electron chi connectivity index (χ4n) is 10.2. The van der Waals surface area contributed by atoms with Gasteiger partial charge in [0, 0.05) is 69.8 Å². The van der Waals surface area contributed by atoms with Crippen molar-refractivity contribution in [3.8, 4) is 39.7 Å². The molecule has 6 heteroatoms. The van der Waals surface area contributed by atoms with Gasteiger partial charge in [0.25, 0.3) is 0 Å². The number of hydrogen-bond acceptors (Lipinski definition) is 3. The number of aromatic nitrogens is 3. The van der Waals surface area contributed by atoms with Gasteiger partial charge in [-0.1, -0.05) is 133 Å². The minimum Gasteiger partial charge on any atom is -0.318 e. The van der Waals surface area contributed by atoms with Crippen LogP contribution in [0.25, 0.3) is 124 Å². The zero-order valence-electron chi connectivity index (χ0n) is 32.4. The van der Waals surface area contributed by atoms with E-state index in [4.69, 9.17) is 11.6 Å². The SMILES string of the molecule is [C-]#[N+]c1c(-c2ccccc2)c(C#N)c(-n2c3ccccc3c3c4sc5ccccc5c4ccc32)c(-c2ccccc2)c1-n1c2cccc3c4cccnc4c4cccc1c4c32. The molecule has 9 aromatic carbocycles. The lowest BCUT2D eigenvalue weighted by Gasteiger charge is -2.25. The molecule has 13 rings (SSSR count). The average Bonchev–Trinajstić information content (AvgIpc) is 3.99. The van der Waals surface area contributed by atoms with E-state index < -0.39 is 0 Å². The highest BCUT2D eigenvalue weighted by Crippen LogP contribution is 2.54. The zero-order chi connectivity index (χ0) is 40.3. The predicted molar refractivity (Wildman–Crippen MR) is 254 cm³/mol. The smallest absolute Gasteiger partial charge is 0.220 e. The largest absolute Gasteiger partial charge is 0.318 e. The summed E-state index contributed by atoms with van der Waals surface area (Å²) in [6.07, 6.45) is 1.86. The van der Waals surface area contributed by atoms with E-state index in [-0.39, 0.29) is 0 Å². The molecule has 0 aliphatic rings. The maximum atomic E-state index is 11.7. The molecule has 4 aromatic heterocycles. The van der Waals surface area contributed by atoms with Gasteiger partial charge in [-0.15, -0.1) is 11.3 Å². The molecule has 0 radical (unpaired) electrons. The van der Waals surface area contributed by atoms with Crippen LogP contribution in [0.2, 0.25) is 0 Å². The van der Waals surface area contributed by atoms with E-state index >= 15 is 0 Å². The van der Waals surface area contributed by atoms with Crippen molar-refractivity contribution < 1.29 is 0 Å². The van der Waals surface area contributed by atoms with Gasteiger partial charge in [0.2, 0.25) is 5.69 Å². The van der Waals surface area contributed by atoms with Crippen LogP contribution in [0.3, 0.4) is 0 Å². The molecule has 0 aliphatic heterocycles. The summed E-state index contributed by atoms with van der Waals surface area (Å²) < 4.78 is 7.05. The summed E-state index contributed by atoms with van der Waals surface area (Å²) in [6, 6.07) is 61.7. The number of thiophene rings is 1. The lowest BCUT2D eigenvalue weighted by molar-refractivity contribution is 1.13. The molecular formula is C55H29N5S. The Hall–Kier alpha value is -8.29. The van der Waals surface area contributed by atoms with Crippen molar-refractivity contribution in [3.05, 3.63) is 193 Å². The molecule has 13 aromatic rings. The Labute approximate surface area is 353 Å². The monoisotopic (exact) mass is 791 g/mol. The van der Waals surface area contributed by atoms with Crippen LogP contribution in [0.15, 0.2) is 176 Å². The van der Waals surface area contributed by atoms with Crippen molar-refractivity contribution in [2.24, 2.45) is 0 Å². The first-order chi connectivity index (χ1) is 30.2. The van der Waals surface area contributed by atoms with Crippen molar-refractivity contribution >= 4 is 102 Å². The number of fused-ring (bicyclic) bond motifs is 10. The van der Waals surface area contributed by atoms with Crippen LogP contribution in [0.1, 0.15) is 5.56 Å². The number of rotatable bonds is 4. The minimum atomic E-state index is 0.419. The molecule has 0 fully saturated rings. The Bertz CT molecular complexity index is 3980. The van der Waals surface area contributed by atoms with Crippen LogP contribution in [0.4, 0.5) is 5.69 Å². The summed E-state index contributed by atoms with van der Waals surface area (Å²) in [6.45, 7) is 9.16. The van der Waals surface area contributed by atoms with E-state index in [9.17, 15) is 5.26 Å². The maximum Gasteiger partial charge on any atom is 0.220 e. The van der Waals surface area contributed by atoms with Crippen LogP contribution >= 0.6 is 11.3 Å². The lowest BCUT2D eigenvalue weighted by Crippen LogP contribution is -2.08. The Kier molecular flexibility index (Phi) is 6.96. The second-order valence-corrected chi connectivity index (χ2v) is 16.6. The highest BCUT2D eigenvalue weighted by molar-refractivity contribution is 7.26. The molecule has 61 heavy (non-hydrogen) atoms. The number of benzene rings is 9. The lowest BCUT2D eigenvalue weighted by atomic mass is 9.88. The third-order valence-electron chi connectivity index (χ3n) is 12.6. The first-order valence-electron chi connectivity index (χ1n) is 20.2. The van der Waals surface area contributed by atoms with Gasteiger partial charge in [-0.25, -0.2) is 4.85 Å². The van der Waals surface area contributed by atoms with E-state index in [0.29, 0.717) is 16.8 Å².